The molecule has 0 aliphatic carbocycles. The fourth-order valence-electron chi connectivity index (χ4n) is 2.01. The van der Waals surface area contributed by atoms with E-state index < -0.39 is 11.6 Å². The van der Waals surface area contributed by atoms with Gasteiger partial charge >= 0.3 is 0 Å². The van der Waals surface area contributed by atoms with E-state index in [1.54, 1.807) is 11.8 Å². The van der Waals surface area contributed by atoms with Gasteiger partial charge in [0, 0.05) is 28.7 Å². The van der Waals surface area contributed by atoms with Crippen LogP contribution in [0.25, 0.3) is 0 Å². The van der Waals surface area contributed by atoms with E-state index in [9.17, 15) is 8.78 Å². The maximum atomic E-state index is 13.5. The predicted molar refractivity (Wildman–Crippen MR) is 58.9 cm³/mol. The van der Waals surface area contributed by atoms with Gasteiger partial charge in [-0.1, -0.05) is 6.92 Å². The molecule has 82 valence electrons. The molecule has 4 heteroatoms. The number of rotatable bonds is 1. The molecule has 0 saturated heterocycles. The average molecular weight is 229 g/mol. The van der Waals surface area contributed by atoms with Crippen molar-refractivity contribution in [3.63, 3.8) is 0 Å². The average Bonchev–Trinajstić information content (AvgIpc) is 2.17. The zero-order chi connectivity index (χ0) is 11.0. The Morgan fingerprint density at radius 1 is 1.40 bits per heavy atom. The molecule has 1 aliphatic heterocycles. The summed E-state index contributed by atoms with van der Waals surface area (Å²) in [5, 5.41) is 3.45. The van der Waals surface area contributed by atoms with E-state index in [4.69, 9.17) is 0 Å². The van der Waals surface area contributed by atoms with Gasteiger partial charge in [0.25, 0.3) is 0 Å². The summed E-state index contributed by atoms with van der Waals surface area (Å²) in [6, 6.07) is 2.43. The Hall–Kier alpha value is -0.610. The second-order valence-electron chi connectivity index (χ2n) is 3.74. The zero-order valence-corrected chi connectivity index (χ0v) is 9.50. The first kappa shape index (κ1) is 10.9. The molecule has 0 aromatic heterocycles. The number of benzene rings is 1. The van der Waals surface area contributed by atoms with Gasteiger partial charge in [-0.3, -0.25) is 0 Å². The third-order valence-corrected chi connectivity index (χ3v) is 4.05. The number of halogens is 2. The number of hydrogen-bond acceptors (Lipinski definition) is 2. The maximum absolute atomic E-state index is 13.5. The van der Waals surface area contributed by atoms with Gasteiger partial charge in [0.1, 0.15) is 11.6 Å². The molecule has 2 atom stereocenters. The summed E-state index contributed by atoms with van der Waals surface area (Å²) in [4.78, 5) is 0. The normalized spacial score (nSPS) is 25.1. The van der Waals surface area contributed by atoms with Crippen molar-refractivity contribution in [2.24, 2.45) is 0 Å². The lowest BCUT2D eigenvalue weighted by molar-refractivity contribution is 0.535. The van der Waals surface area contributed by atoms with Crippen LogP contribution in [0.1, 0.15) is 24.1 Å². The number of fused-ring (bicyclic) bond motifs is 1. The van der Waals surface area contributed by atoms with Crippen LogP contribution in [0.5, 0.6) is 0 Å². The smallest absolute Gasteiger partial charge is 0.130 e. The summed E-state index contributed by atoms with van der Waals surface area (Å²) in [7, 11) is 1.82. The number of hydrogen-bond donors (Lipinski definition) is 1. The highest BCUT2D eigenvalue weighted by Gasteiger charge is 2.28. The zero-order valence-electron chi connectivity index (χ0n) is 8.68. The fourth-order valence-corrected chi connectivity index (χ4v) is 3.22. The van der Waals surface area contributed by atoms with Crippen molar-refractivity contribution in [1.82, 2.24) is 5.32 Å². The maximum Gasteiger partial charge on any atom is 0.130 e. The molecule has 1 aromatic carbocycles. The molecule has 0 saturated carbocycles. The van der Waals surface area contributed by atoms with Crippen LogP contribution < -0.4 is 5.32 Å². The van der Waals surface area contributed by atoms with E-state index >= 15 is 0 Å². The SMILES string of the molecule is CNC1c2cc(F)cc(F)c2CSC1C. The van der Waals surface area contributed by atoms with Crippen LogP contribution in [0.15, 0.2) is 12.1 Å². The van der Waals surface area contributed by atoms with Gasteiger partial charge in [-0.2, -0.15) is 11.8 Å². The quantitative estimate of drug-likeness (QED) is 0.794. The lowest BCUT2D eigenvalue weighted by atomic mass is 9.98. The molecule has 2 rings (SSSR count). The van der Waals surface area contributed by atoms with Crippen molar-refractivity contribution in [2.75, 3.05) is 7.05 Å². The molecule has 1 nitrogen and oxygen atoms in total. The van der Waals surface area contributed by atoms with Crippen molar-refractivity contribution in [1.29, 1.82) is 0 Å². The first-order valence-corrected chi connectivity index (χ1v) is 5.95. The Morgan fingerprint density at radius 2 is 2.13 bits per heavy atom. The summed E-state index contributed by atoms with van der Waals surface area (Å²) in [5.41, 5.74) is 1.40. The van der Waals surface area contributed by atoms with Crippen LogP contribution in [0, 0.1) is 11.6 Å². The highest BCUT2D eigenvalue weighted by molar-refractivity contribution is 7.99. The van der Waals surface area contributed by atoms with Crippen LogP contribution in [-0.2, 0) is 5.75 Å². The van der Waals surface area contributed by atoms with E-state index in [1.165, 1.54) is 6.07 Å². The molecular weight excluding hydrogens is 216 g/mol. The van der Waals surface area contributed by atoms with Crippen molar-refractivity contribution >= 4 is 11.8 Å². The summed E-state index contributed by atoms with van der Waals surface area (Å²) in [6.45, 7) is 2.07. The summed E-state index contributed by atoms with van der Waals surface area (Å²) in [6.07, 6.45) is 0. The molecule has 1 aliphatic rings. The first-order valence-electron chi connectivity index (χ1n) is 4.90. The summed E-state index contributed by atoms with van der Waals surface area (Å²) < 4.78 is 26.6. The monoisotopic (exact) mass is 229 g/mol. The first-order chi connectivity index (χ1) is 7.13. The molecule has 0 bridgehead atoms. The topological polar surface area (TPSA) is 12.0 Å². The third kappa shape index (κ3) is 1.88. The van der Waals surface area contributed by atoms with E-state index in [1.807, 2.05) is 7.05 Å². The Labute approximate surface area is 92.3 Å². The minimum Gasteiger partial charge on any atom is -0.312 e. The predicted octanol–water partition coefficient (Wildman–Crippen LogP) is 2.86. The largest absolute Gasteiger partial charge is 0.312 e. The Kier molecular flexibility index (Phi) is 2.98. The van der Waals surface area contributed by atoms with E-state index in [0.29, 0.717) is 16.6 Å². The molecule has 0 amide bonds. The van der Waals surface area contributed by atoms with Gasteiger partial charge in [-0.15, -0.1) is 0 Å². The molecule has 15 heavy (non-hydrogen) atoms. The Bertz CT molecular complexity index is 381. The Morgan fingerprint density at radius 3 is 2.80 bits per heavy atom. The van der Waals surface area contributed by atoms with Crippen LogP contribution >= 0.6 is 11.8 Å². The van der Waals surface area contributed by atoms with Crippen molar-refractivity contribution in [3.8, 4) is 0 Å². The molecule has 1 heterocycles. The van der Waals surface area contributed by atoms with E-state index in [2.05, 4.69) is 12.2 Å². The van der Waals surface area contributed by atoms with Crippen molar-refractivity contribution < 1.29 is 8.78 Å². The van der Waals surface area contributed by atoms with Gasteiger partial charge in [0.15, 0.2) is 0 Å². The number of thioether (sulfide) groups is 1. The number of nitrogens with one attached hydrogen (secondary N) is 1. The van der Waals surface area contributed by atoms with Crippen molar-refractivity contribution in [3.05, 3.63) is 34.9 Å². The van der Waals surface area contributed by atoms with E-state index in [-0.39, 0.29) is 6.04 Å². The highest BCUT2D eigenvalue weighted by atomic mass is 32.2. The highest BCUT2D eigenvalue weighted by Crippen LogP contribution is 2.38. The molecule has 0 fully saturated rings. The second-order valence-corrected chi connectivity index (χ2v) is 5.10. The van der Waals surface area contributed by atoms with Crippen LogP contribution in [-0.4, -0.2) is 12.3 Å². The minimum absolute atomic E-state index is 0.0314. The molecule has 1 N–H and O–H groups in total. The molecule has 1 aromatic rings. The third-order valence-electron chi connectivity index (χ3n) is 2.80. The molecule has 0 radical (unpaired) electrons. The van der Waals surface area contributed by atoms with Crippen LogP contribution in [0.2, 0.25) is 0 Å². The van der Waals surface area contributed by atoms with Gasteiger partial charge < -0.3 is 5.32 Å². The second kappa shape index (κ2) is 4.10. The standard InChI is InChI=1S/C11H13F2NS/c1-6-11(14-2)8-3-7(12)4-10(13)9(8)5-15-6/h3-4,6,11,14H,5H2,1-2H3. The lowest BCUT2D eigenvalue weighted by Crippen LogP contribution is -2.29. The van der Waals surface area contributed by atoms with E-state index in [0.717, 1.165) is 11.6 Å². The van der Waals surface area contributed by atoms with Gasteiger partial charge in [0.05, 0.1) is 0 Å². The molecule has 2 unspecified atom stereocenters. The van der Waals surface area contributed by atoms with Crippen LogP contribution in [0.3, 0.4) is 0 Å². The Balaban J connectivity index is 2.52. The molecular formula is C11H13F2NS. The van der Waals surface area contributed by atoms with Gasteiger partial charge in [-0.25, -0.2) is 8.78 Å². The fraction of sp³-hybridized carbons (Fsp3) is 0.455. The van der Waals surface area contributed by atoms with Crippen molar-refractivity contribution in [2.45, 2.75) is 24.0 Å². The van der Waals surface area contributed by atoms with Gasteiger partial charge in [0.2, 0.25) is 0 Å². The summed E-state index contributed by atoms with van der Waals surface area (Å²) in [5.74, 6) is -0.295. The lowest BCUT2D eigenvalue weighted by Gasteiger charge is -2.30. The van der Waals surface area contributed by atoms with Crippen LogP contribution in [0.4, 0.5) is 8.78 Å². The van der Waals surface area contributed by atoms with Gasteiger partial charge in [-0.05, 0) is 18.7 Å². The minimum atomic E-state index is -0.495. The summed E-state index contributed by atoms with van der Waals surface area (Å²) >= 11 is 1.69. The molecule has 0 spiro atoms.